The summed E-state index contributed by atoms with van der Waals surface area (Å²) in [4.78, 5) is 15.6. The highest BCUT2D eigenvalue weighted by Gasteiger charge is 2.16. The first-order chi connectivity index (χ1) is 14.9. The average molecular weight is 442 g/mol. The Kier molecular flexibility index (Phi) is 9.73. The number of nitrogens with one attached hydrogen (secondary N) is 1. The fourth-order valence-electron chi connectivity index (χ4n) is 3.12. The second-order valence-corrected chi connectivity index (χ2v) is 7.99. The molecule has 0 spiro atoms. The van der Waals surface area contributed by atoms with Gasteiger partial charge in [-0.3, -0.25) is 14.9 Å². The monoisotopic (exact) mass is 441 g/mol. The van der Waals surface area contributed by atoms with Crippen molar-refractivity contribution in [3.63, 3.8) is 0 Å². The van der Waals surface area contributed by atoms with Gasteiger partial charge in [-0.25, -0.2) is 0 Å². The zero-order valence-corrected chi connectivity index (χ0v) is 19.8. The molecule has 0 amide bonds. The molecule has 0 aliphatic carbocycles. The summed E-state index contributed by atoms with van der Waals surface area (Å²) in [5.41, 5.74) is 6.49. The van der Waals surface area contributed by atoms with Crippen molar-refractivity contribution in [1.82, 2.24) is 15.2 Å². The van der Waals surface area contributed by atoms with Crippen LogP contribution in [0, 0.1) is 20.8 Å². The zero-order chi connectivity index (χ0) is 22.8. The molecule has 0 saturated carbocycles. The van der Waals surface area contributed by atoms with E-state index in [1.165, 1.54) is 5.56 Å². The van der Waals surface area contributed by atoms with Gasteiger partial charge in [0.15, 0.2) is 0 Å². The third-order valence-electron chi connectivity index (χ3n) is 5.04. The van der Waals surface area contributed by atoms with Crippen LogP contribution >= 0.6 is 11.6 Å². The van der Waals surface area contributed by atoms with E-state index in [0.29, 0.717) is 6.42 Å². The summed E-state index contributed by atoms with van der Waals surface area (Å²) in [6.45, 7) is 10.1. The number of aromatic nitrogens is 3. The van der Waals surface area contributed by atoms with Crippen molar-refractivity contribution in [2.24, 2.45) is 0 Å². The number of ether oxygens (including phenoxy) is 1. The number of esters is 1. The van der Waals surface area contributed by atoms with E-state index >= 15 is 0 Å². The molecule has 2 aromatic heterocycles. The minimum Gasteiger partial charge on any atom is -0.457 e. The Labute approximate surface area is 190 Å². The number of benzene rings is 1. The van der Waals surface area contributed by atoms with Gasteiger partial charge in [-0.1, -0.05) is 44.0 Å². The number of pyridine rings is 1. The summed E-state index contributed by atoms with van der Waals surface area (Å²) >= 11 is 6.01. The second-order valence-electron chi connectivity index (χ2n) is 7.58. The molecule has 166 valence electrons. The minimum atomic E-state index is -0.148. The van der Waals surface area contributed by atoms with E-state index in [1.54, 1.807) is 12.4 Å². The molecule has 0 radical (unpaired) electrons. The number of carbonyl (C=O) groups excluding carboxylic acids is 1. The number of H-pyrrole nitrogens is 1. The van der Waals surface area contributed by atoms with E-state index in [-0.39, 0.29) is 12.1 Å². The lowest BCUT2D eigenvalue weighted by molar-refractivity contribution is -0.149. The molecule has 1 unspecified atom stereocenters. The molecule has 5 nitrogen and oxygen atoms in total. The molecule has 1 N–H and O–H groups in total. The Hall–Kier alpha value is -2.66. The normalized spacial score (nSPS) is 11.4. The van der Waals surface area contributed by atoms with Crippen molar-refractivity contribution < 1.29 is 9.53 Å². The number of hydrogen-bond donors (Lipinski definition) is 1. The molecular formula is C25H32ClN3O2. The molecule has 3 aromatic rings. The lowest BCUT2D eigenvalue weighted by Crippen LogP contribution is -2.11. The largest absolute Gasteiger partial charge is 0.457 e. The number of carbonyl (C=O) groups is 1. The van der Waals surface area contributed by atoms with Crippen molar-refractivity contribution in [1.29, 1.82) is 0 Å². The van der Waals surface area contributed by atoms with Crippen LogP contribution in [0.25, 0.3) is 11.3 Å². The second kappa shape index (κ2) is 12.3. The number of aromatic amines is 1. The topological polar surface area (TPSA) is 67.9 Å². The summed E-state index contributed by atoms with van der Waals surface area (Å²) in [7, 11) is 0. The standard InChI is InChI=1S/C15H21ClO2.C10H11N3/c1-4-6-14(18-15(17)7-5-2)12-8-9-13(16)11(3)10-12;1-7-8(2)12-13-10(7)9-3-5-11-6-4-9/h8-10,14H,4-7H2,1-3H3;3-6H,1-2H3,(H,12,13). The Balaban J connectivity index is 0.000000231. The number of hydrogen-bond acceptors (Lipinski definition) is 4. The zero-order valence-electron chi connectivity index (χ0n) is 19.0. The molecule has 0 bridgehead atoms. The highest BCUT2D eigenvalue weighted by Crippen LogP contribution is 2.27. The van der Waals surface area contributed by atoms with Gasteiger partial charge in [-0.05, 0) is 68.5 Å². The molecule has 0 fully saturated rings. The predicted octanol–water partition coefficient (Wildman–Crippen LogP) is 6.92. The van der Waals surface area contributed by atoms with E-state index in [2.05, 4.69) is 29.0 Å². The molecule has 0 aliphatic heterocycles. The maximum atomic E-state index is 11.6. The Morgan fingerprint density at radius 3 is 2.35 bits per heavy atom. The van der Waals surface area contributed by atoms with Crippen LogP contribution in [-0.4, -0.2) is 21.2 Å². The quantitative estimate of drug-likeness (QED) is 0.404. The highest BCUT2D eigenvalue weighted by molar-refractivity contribution is 6.31. The first-order valence-electron chi connectivity index (χ1n) is 10.7. The first-order valence-corrected chi connectivity index (χ1v) is 11.1. The van der Waals surface area contributed by atoms with E-state index in [4.69, 9.17) is 16.3 Å². The van der Waals surface area contributed by atoms with Gasteiger partial charge in [0.05, 0.1) is 5.69 Å². The summed E-state index contributed by atoms with van der Waals surface area (Å²) in [5.74, 6) is -0.122. The Bertz CT molecular complexity index is 970. The van der Waals surface area contributed by atoms with Crippen molar-refractivity contribution in [2.45, 2.75) is 66.4 Å². The Morgan fingerprint density at radius 2 is 1.81 bits per heavy atom. The molecular weight excluding hydrogens is 410 g/mol. The molecule has 6 heteroatoms. The maximum absolute atomic E-state index is 11.6. The van der Waals surface area contributed by atoms with Gasteiger partial charge in [-0.2, -0.15) is 5.10 Å². The number of aryl methyl sites for hydroxylation is 2. The van der Waals surface area contributed by atoms with Gasteiger partial charge >= 0.3 is 5.97 Å². The van der Waals surface area contributed by atoms with Gasteiger partial charge in [0.1, 0.15) is 6.10 Å². The van der Waals surface area contributed by atoms with E-state index < -0.39 is 0 Å². The van der Waals surface area contributed by atoms with Crippen molar-refractivity contribution in [3.8, 4) is 11.3 Å². The molecule has 1 aromatic carbocycles. The highest BCUT2D eigenvalue weighted by atomic mass is 35.5. The molecule has 31 heavy (non-hydrogen) atoms. The lowest BCUT2D eigenvalue weighted by atomic mass is 10.0. The molecule has 0 saturated heterocycles. The maximum Gasteiger partial charge on any atom is 0.306 e. The van der Waals surface area contributed by atoms with Crippen LogP contribution in [0.5, 0.6) is 0 Å². The van der Waals surface area contributed by atoms with Crippen LogP contribution in [0.3, 0.4) is 0 Å². The van der Waals surface area contributed by atoms with Crippen LogP contribution < -0.4 is 0 Å². The van der Waals surface area contributed by atoms with Gasteiger partial charge in [0, 0.05) is 35.1 Å². The lowest BCUT2D eigenvalue weighted by Gasteiger charge is -2.18. The third-order valence-corrected chi connectivity index (χ3v) is 5.46. The number of halogens is 1. The minimum absolute atomic E-state index is 0.122. The number of rotatable bonds is 7. The van der Waals surface area contributed by atoms with Gasteiger partial charge in [0.25, 0.3) is 0 Å². The molecule has 2 heterocycles. The molecule has 1 atom stereocenters. The summed E-state index contributed by atoms with van der Waals surface area (Å²) < 4.78 is 5.53. The SMILES string of the molecule is CCCC(=O)OC(CCC)c1ccc(Cl)c(C)c1.Cc1[nH]nc(-c2ccncc2)c1C. The smallest absolute Gasteiger partial charge is 0.306 e. The van der Waals surface area contributed by atoms with Crippen LogP contribution in [-0.2, 0) is 9.53 Å². The van der Waals surface area contributed by atoms with Crippen molar-refractivity contribution >= 4 is 17.6 Å². The fraction of sp³-hybridized carbons (Fsp3) is 0.400. The van der Waals surface area contributed by atoms with Crippen LogP contribution in [0.4, 0.5) is 0 Å². The van der Waals surface area contributed by atoms with Crippen LogP contribution in [0.2, 0.25) is 5.02 Å². The summed E-state index contributed by atoms with van der Waals surface area (Å²) in [6, 6.07) is 9.73. The third kappa shape index (κ3) is 7.21. The van der Waals surface area contributed by atoms with Crippen molar-refractivity contribution in [2.75, 3.05) is 0 Å². The predicted molar refractivity (Wildman–Crippen MR) is 126 cm³/mol. The average Bonchev–Trinajstić information content (AvgIpc) is 3.09. The van der Waals surface area contributed by atoms with Gasteiger partial charge in [0.2, 0.25) is 0 Å². The molecule has 3 rings (SSSR count). The van der Waals surface area contributed by atoms with Gasteiger partial charge < -0.3 is 4.74 Å². The number of nitrogens with zero attached hydrogens (tertiary/aromatic N) is 2. The van der Waals surface area contributed by atoms with E-state index in [9.17, 15) is 4.79 Å². The van der Waals surface area contributed by atoms with Crippen LogP contribution in [0.15, 0.2) is 42.7 Å². The Morgan fingerprint density at radius 1 is 1.10 bits per heavy atom. The first kappa shape index (κ1) is 24.6. The van der Waals surface area contributed by atoms with Crippen molar-refractivity contribution in [3.05, 3.63) is 70.1 Å². The van der Waals surface area contributed by atoms with Gasteiger partial charge in [-0.15, -0.1) is 0 Å². The fourth-order valence-corrected chi connectivity index (χ4v) is 3.24. The summed E-state index contributed by atoms with van der Waals surface area (Å²) in [6.07, 6.45) is 6.52. The molecule has 0 aliphatic rings. The summed E-state index contributed by atoms with van der Waals surface area (Å²) in [5, 5.41) is 7.94. The van der Waals surface area contributed by atoms with E-state index in [1.807, 2.05) is 51.1 Å². The van der Waals surface area contributed by atoms with E-state index in [0.717, 1.165) is 52.4 Å². The van der Waals surface area contributed by atoms with Crippen LogP contribution in [0.1, 0.15) is 68.0 Å².